The number of aliphatic hydroxyl groups excluding tert-OH is 1. The van der Waals surface area contributed by atoms with Crippen molar-refractivity contribution in [3.05, 3.63) is 72.4 Å². The van der Waals surface area contributed by atoms with Gasteiger partial charge in [0.05, 0.1) is 50.2 Å². The zero-order valence-corrected chi connectivity index (χ0v) is 37.1. The molecule has 3 aromatic carbocycles. The number of aliphatic hydroxyl groups is 1. The van der Waals surface area contributed by atoms with Crippen molar-refractivity contribution in [1.29, 1.82) is 0 Å². The summed E-state index contributed by atoms with van der Waals surface area (Å²) in [5.74, 6) is 0.741. The minimum atomic E-state index is -1.76. The number of rotatable bonds is 11. The van der Waals surface area contributed by atoms with E-state index in [1.54, 1.807) is 0 Å². The number of aromatic nitrogens is 4. The molecule has 4 aliphatic rings. The van der Waals surface area contributed by atoms with Gasteiger partial charge < -0.3 is 40.2 Å². The molecule has 3 aliphatic heterocycles. The Labute approximate surface area is 357 Å². The van der Waals surface area contributed by atoms with Crippen molar-refractivity contribution in [1.82, 2.24) is 40.4 Å². The number of carbonyl (C=O) groups is 4. The molecule has 0 radical (unpaired) electrons. The van der Waals surface area contributed by atoms with Gasteiger partial charge in [-0.05, 0) is 83.7 Å². The number of fused-ring (bicyclic) bond motifs is 6. The lowest BCUT2D eigenvalue weighted by atomic mass is 9.73. The Hall–Kier alpha value is -5.54. The van der Waals surface area contributed by atoms with Gasteiger partial charge in [-0.25, -0.2) is 14.8 Å². The molecule has 5 heterocycles. The average molecular weight is 847 g/mol. The van der Waals surface area contributed by atoms with Gasteiger partial charge in [-0.15, -0.1) is 0 Å². The summed E-state index contributed by atoms with van der Waals surface area (Å²) in [5, 5.41) is 17.1. The van der Waals surface area contributed by atoms with Crippen molar-refractivity contribution in [2.75, 3.05) is 19.9 Å². The molecule has 5 aromatic rings. The molecule has 2 aromatic heterocycles. The fourth-order valence-corrected chi connectivity index (χ4v) is 12.9. The molecule has 14 nitrogen and oxygen atoms in total. The quantitative estimate of drug-likeness (QED) is 0.0893. The molecule has 1 aliphatic carbocycles. The van der Waals surface area contributed by atoms with Crippen LogP contribution in [0.25, 0.3) is 44.2 Å². The Balaban J connectivity index is 1.02. The SMILES string of the molecule is COC(=O)NC(C(=O)N1C[Si](C)(C)CC1c1ncc(-c2ccc(-c3ccc4c(ccc5nc([C@@H]6C7CCC(CC7)N6C(=O)C(NC(=O)CO)C(C)C)[nH]c54)c3)cc2)[nH]1)C(C)C. The van der Waals surface area contributed by atoms with Crippen molar-refractivity contribution >= 4 is 53.7 Å². The van der Waals surface area contributed by atoms with E-state index in [2.05, 4.69) is 82.2 Å². The first kappa shape index (κ1) is 42.2. The predicted molar refractivity (Wildman–Crippen MR) is 237 cm³/mol. The van der Waals surface area contributed by atoms with E-state index in [0.29, 0.717) is 6.17 Å². The number of H-pyrrole nitrogens is 2. The highest BCUT2D eigenvalue weighted by Crippen LogP contribution is 2.48. The molecule has 3 saturated heterocycles. The second-order valence-corrected chi connectivity index (χ2v) is 23.7. The van der Waals surface area contributed by atoms with Gasteiger partial charge in [0.15, 0.2) is 0 Å². The number of hydrogen-bond donors (Lipinski definition) is 5. The summed E-state index contributed by atoms with van der Waals surface area (Å²) in [5.41, 5.74) is 5.76. The zero-order chi connectivity index (χ0) is 43.3. The molecule has 2 bridgehead atoms. The molecule has 0 spiro atoms. The van der Waals surface area contributed by atoms with Crippen LogP contribution >= 0.6 is 0 Å². The van der Waals surface area contributed by atoms with Gasteiger partial charge in [0.1, 0.15) is 30.3 Å². The highest BCUT2D eigenvalue weighted by Gasteiger charge is 2.49. The van der Waals surface area contributed by atoms with Gasteiger partial charge in [-0.3, -0.25) is 14.4 Å². The van der Waals surface area contributed by atoms with E-state index >= 15 is 0 Å². The number of imidazole rings is 2. The summed E-state index contributed by atoms with van der Waals surface area (Å²) in [6.07, 6.45) is 5.79. The second-order valence-electron chi connectivity index (χ2n) is 18.7. The topological polar surface area (TPSA) is 186 Å². The van der Waals surface area contributed by atoms with Gasteiger partial charge >= 0.3 is 6.09 Å². The standard InChI is InChI=1S/C46H58N8O6Si/c1-25(2)38(52-46(59)60-5)44(57)53-24-61(6,7)23-36(53)42-47-21-35(49-42)28-10-8-27(9-11-28)30-14-18-33-31(20-30)15-19-34-40(33)51-43(48-34)41-29-12-16-32(17-13-29)54(41)45(58)39(26(3)4)50-37(56)22-55/h8-11,14-15,18-21,25-26,29,32,36,38-39,41,55H,12-13,16-17,22-24H2,1-7H3,(H,47,49)(H,48,51)(H,50,56)(H,52,59)/t29?,32?,36?,38?,39?,41-/m0/s1. The lowest BCUT2D eigenvalue weighted by Gasteiger charge is -2.51. The van der Waals surface area contributed by atoms with Crippen LogP contribution in [0.5, 0.6) is 0 Å². The van der Waals surface area contributed by atoms with Crippen LogP contribution in [0.1, 0.15) is 77.1 Å². The normalized spacial score (nSPS) is 21.9. The van der Waals surface area contributed by atoms with Crippen LogP contribution in [-0.2, 0) is 19.1 Å². The number of methoxy groups -OCH3 is 1. The molecule has 9 rings (SSSR count). The lowest BCUT2D eigenvalue weighted by Crippen LogP contribution is -2.60. The molecule has 3 unspecified atom stereocenters. The van der Waals surface area contributed by atoms with Gasteiger partial charge in [0.2, 0.25) is 17.7 Å². The highest BCUT2D eigenvalue weighted by atomic mass is 28.3. The fraction of sp³-hybridized carbons (Fsp3) is 0.478. The van der Waals surface area contributed by atoms with Crippen LogP contribution in [0.2, 0.25) is 19.1 Å². The van der Waals surface area contributed by atoms with Gasteiger partial charge in [-0.1, -0.05) is 83.3 Å². The molecule has 4 amide bonds. The zero-order valence-electron chi connectivity index (χ0n) is 36.1. The molecule has 5 N–H and O–H groups in total. The molecule has 61 heavy (non-hydrogen) atoms. The van der Waals surface area contributed by atoms with Crippen molar-refractivity contribution in [3.8, 4) is 22.4 Å². The fourth-order valence-electron chi connectivity index (χ4n) is 9.98. The number of nitrogens with zero attached hydrogens (tertiary/aromatic N) is 4. The van der Waals surface area contributed by atoms with Crippen molar-refractivity contribution in [3.63, 3.8) is 0 Å². The summed E-state index contributed by atoms with van der Waals surface area (Å²) >= 11 is 0. The van der Waals surface area contributed by atoms with E-state index in [9.17, 15) is 24.3 Å². The number of alkyl carbamates (subject to hydrolysis) is 1. The van der Waals surface area contributed by atoms with E-state index in [1.807, 2.05) is 49.8 Å². The van der Waals surface area contributed by atoms with Gasteiger partial charge in [-0.2, -0.15) is 0 Å². The monoisotopic (exact) mass is 846 g/mol. The number of aromatic amines is 2. The van der Waals surface area contributed by atoms with Crippen LogP contribution < -0.4 is 10.6 Å². The number of hydrogen-bond acceptors (Lipinski definition) is 8. The molecule has 4 fully saturated rings. The summed E-state index contributed by atoms with van der Waals surface area (Å²) in [7, 11) is -0.457. The number of ether oxygens (including phenoxy) is 1. The first-order valence-corrected chi connectivity index (χ1v) is 25.0. The third kappa shape index (κ3) is 8.17. The first-order chi connectivity index (χ1) is 29.2. The molecule has 1 saturated carbocycles. The van der Waals surface area contributed by atoms with Crippen LogP contribution in [0.4, 0.5) is 4.79 Å². The van der Waals surface area contributed by atoms with Crippen molar-refractivity contribution < 1.29 is 29.0 Å². The summed E-state index contributed by atoms with van der Waals surface area (Å²) < 4.78 is 4.82. The number of carbonyl (C=O) groups excluding carboxylic acids is 4. The number of piperidine rings is 2. The molecule has 4 atom stereocenters. The van der Waals surface area contributed by atoms with Gasteiger partial charge in [0, 0.05) is 17.6 Å². The molecular weight excluding hydrogens is 789 g/mol. The summed E-state index contributed by atoms with van der Waals surface area (Å²) in [4.78, 5) is 73.4. The molecule has 15 heteroatoms. The van der Waals surface area contributed by atoms with E-state index in [4.69, 9.17) is 14.7 Å². The minimum absolute atomic E-state index is 0.0760. The number of amides is 4. The Bertz CT molecular complexity index is 2450. The maximum Gasteiger partial charge on any atom is 0.407 e. The average Bonchev–Trinajstić information content (AvgIpc) is 4.01. The first-order valence-electron chi connectivity index (χ1n) is 21.6. The lowest BCUT2D eigenvalue weighted by molar-refractivity contribution is -0.151. The Kier molecular flexibility index (Phi) is 11.6. The summed E-state index contributed by atoms with van der Waals surface area (Å²) in [6.45, 7) is 11.6. The number of nitrogens with one attached hydrogen (secondary N) is 4. The maximum atomic E-state index is 14.2. The second kappa shape index (κ2) is 16.7. The largest absolute Gasteiger partial charge is 0.453 e. The van der Waals surface area contributed by atoms with Crippen LogP contribution in [0.3, 0.4) is 0 Å². The van der Waals surface area contributed by atoms with Gasteiger partial charge in [0.25, 0.3) is 0 Å². The third-order valence-corrected chi connectivity index (χ3v) is 15.8. The van der Waals surface area contributed by atoms with Crippen LogP contribution in [0.15, 0.2) is 60.8 Å². The smallest absolute Gasteiger partial charge is 0.407 e. The predicted octanol–water partition coefficient (Wildman–Crippen LogP) is 6.86. The minimum Gasteiger partial charge on any atom is -0.453 e. The highest BCUT2D eigenvalue weighted by molar-refractivity contribution is 6.78. The Morgan fingerprint density at radius 2 is 1.52 bits per heavy atom. The van der Waals surface area contributed by atoms with Crippen molar-refractivity contribution in [2.24, 2.45) is 17.8 Å². The van der Waals surface area contributed by atoms with Crippen LogP contribution in [-0.4, -0.2) is 105 Å². The van der Waals surface area contributed by atoms with E-state index < -0.39 is 38.8 Å². The maximum absolute atomic E-state index is 14.2. The Morgan fingerprint density at radius 3 is 2.20 bits per heavy atom. The van der Waals surface area contributed by atoms with Crippen LogP contribution in [0, 0.1) is 17.8 Å². The third-order valence-electron chi connectivity index (χ3n) is 13.1. The van der Waals surface area contributed by atoms with E-state index in [0.717, 1.165) is 87.6 Å². The Morgan fingerprint density at radius 1 is 0.852 bits per heavy atom. The van der Waals surface area contributed by atoms with Crippen molar-refractivity contribution in [2.45, 2.75) is 103 Å². The number of benzene rings is 3. The summed E-state index contributed by atoms with van der Waals surface area (Å²) in [6, 6.07) is 18.0. The van der Waals surface area contributed by atoms with E-state index in [-0.39, 0.29) is 47.7 Å². The molecular formula is C46H58N8O6Si. The molecule has 322 valence electrons. The van der Waals surface area contributed by atoms with E-state index in [1.165, 1.54) is 7.11 Å².